The second-order valence-corrected chi connectivity index (χ2v) is 3.31. The molecule has 0 aliphatic rings. The minimum Gasteiger partial charge on any atom is -0.479 e. The average molecular weight is 226 g/mol. The van der Waals surface area contributed by atoms with Crippen molar-refractivity contribution in [1.82, 2.24) is 0 Å². The summed E-state index contributed by atoms with van der Waals surface area (Å²) >= 11 is 0. The molecule has 0 fully saturated rings. The molecule has 0 amide bonds. The first-order valence-electron chi connectivity index (χ1n) is 3.62. The Balaban J connectivity index is 3.92. The predicted molar refractivity (Wildman–Crippen MR) is 45.5 cm³/mol. The van der Waals surface area contributed by atoms with Crippen LogP contribution in [0.15, 0.2) is 0 Å². The minimum atomic E-state index is -2.49. The van der Waals surface area contributed by atoms with Crippen LogP contribution in [0, 0.1) is 0 Å². The molecule has 0 aliphatic heterocycles. The molecule has 0 bridgehead atoms. The molecule has 0 heterocycles. The van der Waals surface area contributed by atoms with Crippen LogP contribution in [0.2, 0.25) is 0 Å². The fourth-order valence-electron chi connectivity index (χ4n) is 0.386. The molecule has 7 nitrogen and oxygen atoms in total. The zero-order valence-corrected chi connectivity index (χ0v) is 8.47. The summed E-state index contributed by atoms with van der Waals surface area (Å²) in [7, 11) is -2.49. The fraction of sp³-hybridized carbons (Fsp3) is 0.667. The number of carbonyl (C=O) groups is 2. The topological polar surface area (TPSA) is 113 Å². The summed E-state index contributed by atoms with van der Waals surface area (Å²) in [6.07, 6.45) is -2.49. The summed E-state index contributed by atoms with van der Waals surface area (Å²) in [6.45, 7) is 2.39. The van der Waals surface area contributed by atoms with Crippen LogP contribution in [0.1, 0.15) is 13.8 Å². The first kappa shape index (κ1) is 13.2. The maximum Gasteiger partial charge on any atom is 0.333 e. The van der Waals surface area contributed by atoms with E-state index >= 15 is 0 Å². The SMILES string of the molecule is CC(OP(O)OC(C)C(=O)O)C(=O)O. The molecule has 0 spiro atoms. The largest absolute Gasteiger partial charge is 0.479 e. The molecule has 0 aliphatic carbocycles. The first-order valence-corrected chi connectivity index (χ1v) is 4.75. The quantitative estimate of drug-likeness (QED) is 0.553. The Morgan fingerprint density at radius 3 is 1.57 bits per heavy atom. The Bertz CT molecular complexity index is 196. The molecule has 2 atom stereocenters. The number of hydrogen-bond donors (Lipinski definition) is 3. The van der Waals surface area contributed by atoms with E-state index in [0.717, 1.165) is 0 Å². The van der Waals surface area contributed by atoms with Crippen LogP contribution in [0.25, 0.3) is 0 Å². The van der Waals surface area contributed by atoms with Crippen molar-refractivity contribution in [1.29, 1.82) is 0 Å². The highest BCUT2D eigenvalue weighted by Crippen LogP contribution is 2.36. The smallest absolute Gasteiger partial charge is 0.333 e. The van der Waals surface area contributed by atoms with Gasteiger partial charge < -0.3 is 15.1 Å². The highest BCUT2D eigenvalue weighted by atomic mass is 31.2. The Morgan fingerprint density at radius 1 is 1.07 bits per heavy atom. The number of carboxylic acid groups (broad SMARTS) is 2. The number of hydrogen-bond acceptors (Lipinski definition) is 5. The molecule has 2 unspecified atom stereocenters. The second-order valence-electron chi connectivity index (χ2n) is 2.41. The summed E-state index contributed by atoms with van der Waals surface area (Å²) in [5.41, 5.74) is 0. The Hall–Kier alpha value is -0.750. The van der Waals surface area contributed by atoms with E-state index in [-0.39, 0.29) is 0 Å². The summed E-state index contributed by atoms with van der Waals surface area (Å²) < 4.78 is 8.94. The van der Waals surface area contributed by atoms with Gasteiger partial charge in [-0.05, 0) is 13.8 Å². The van der Waals surface area contributed by atoms with E-state index in [0.29, 0.717) is 0 Å². The van der Waals surface area contributed by atoms with Crippen LogP contribution < -0.4 is 0 Å². The number of aliphatic carboxylic acids is 2. The van der Waals surface area contributed by atoms with Gasteiger partial charge in [0.1, 0.15) is 0 Å². The first-order chi connectivity index (χ1) is 6.34. The van der Waals surface area contributed by atoms with Gasteiger partial charge in [-0.3, -0.25) is 9.05 Å². The van der Waals surface area contributed by atoms with E-state index in [1.165, 1.54) is 13.8 Å². The molecule has 0 aromatic carbocycles. The zero-order valence-electron chi connectivity index (χ0n) is 7.58. The third kappa shape index (κ3) is 5.08. The maximum atomic E-state index is 10.3. The molecule has 0 aromatic rings. The van der Waals surface area contributed by atoms with E-state index in [4.69, 9.17) is 15.1 Å². The molecule has 14 heavy (non-hydrogen) atoms. The summed E-state index contributed by atoms with van der Waals surface area (Å²) in [4.78, 5) is 29.5. The van der Waals surface area contributed by atoms with Crippen LogP contribution in [-0.2, 0) is 18.6 Å². The summed E-state index contributed by atoms with van der Waals surface area (Å²) in [5, 5.41) is 16.8. The molecule has 8 heteroatoms. The number of rotatable bonds is 6. The van der Waals surface area contributed by atoms with Crippen LogP contribution in [-0.4, -0.2) is 39.3 Å². The molecule has 0 saturated heterocycles. The average Bonchev–Trinajstić information content (AvgIpc) is 2.03. The molecule has 82 valence electrons. The molecular weight excluding hydrogens is 215 g/mol. The van der Waals surface area contributed by atoms with Crippen molar-refractivity contribution in [2.75, 3.05) is 0 Å². The van der Waals surface area contributed by atoms with Crippen molar-refractivity contribution in [3.63, 3.8) is 0 Å². The van der Waals surface area contributed by atoms with Gasteiger partial charge in [0.25, 0.3) is 0 Å². The van der Waals surface area contributed by atoms with Crippen molar-refractivity contribution in [2.24, 2.45) is 0 Å². The minimum absolute atomic E-state index is 1.20. The Kier molecular flexibility index (Phi) is 5.56. The van der Waals surface area contributed by atoms with Crippen LogP contribution in [0.4, 0.5) is 0 Å². The van der Waals surface area contributed by atoms with Crippen molar-refractivity contribution < 1.29 is 33.7 Å². The lowest BCUT2D eigenvalue weighted by Gasteiger charge is -2.15. The number of carboxylic acids is 2. The van der Waals surface area contributed by atoms with Gasteiger partial charge in [-0.1, -0.05) is 0 Å². The van der Waals surface area contributed by atoms with Gasteiger partial charge in [0.05, 0.1) is 0 Å². The summed E-state index contributed by atoms with van der Waals surface area (Å²) in [6, 6.07) is 0. The van der Waals surface area contributed by atoms with E-state index in [9.17, 15) is 9.59 Å². The predicted octanol–water partition coefficient (Wildman–Crippen LogP) is 0.185. The van der Waals surface area contributed by atoms with Gasteiger partial charge in [-0.25, -0.2) is 9.59 Å². The lowest BCUT2D eigenvalue weighted by atomic mass is 10.4. The van der Waals surface area contributed by atoms with Gasteiger partial charge in [0.2, 0.25) is 0 Å². The molecular formula is C6H11O7P. The molecule has 0 aromatic heterocycles. The van der Waals surface area contributed by atoms with E-state index in [2.05, 4.69) is 9.05 Å². The summed E-state index contributed by atoms with van der Waals surface area (Å²) in [5.74, 6) is -2.53. The molecule has 0 rings (SSSR count). The van der Waals surface area contributed by atoms with Crippen molar-refractivity contribution >= 4 is 20.5 Å². The van der Waals surface area contributed by atoms with Crippen molar-refractivity contribution in [3.8, 4) is 0 Å². The lowest BCUT2D eigenvalue weighted by molar-refractivity contribution is -0.146. The Morgan fingerprint density at radius 2 is 1.36 bits per heavy atom. The molecule has 3 N–H and O–H groups in total. The van der Waals surface area contributed by atoms with E-state index in [1.54, 1.807) is 0 Å². The zero-order chi connectivity index (χ0) is 11.3. The van der Waals surface area contributed by atoms with Crippen molar-refractivity contribution in [3.05, 3.63) is 0 Å². The molecule has 0 saturated carbocycles. The highest BCUT2D eigenvalue weighted by molar-refractivity contribution is 7.40. The van der Waals surface area contributed by atoms with Crippen LogP contribution in [0.5, 0.6) is 0 Å². The highest BCUT2D eigenvalue weighted by Gasteiger charge is 2.23. The van der Waals surface area contributed by atoms with Crippen molar-refractivity contribution in [2.45, 2.75) is 26.1 Å². The standard InChI is InChI=1S/C6H11O7P/c1-3(5(7)8)12-14(11)13-4(2)6(9)10/h3-4,11H,1-2H3,(H,7,8)(H,9,10). The van der Waals surface area contributed by atoms with Gasteiger partial charge in [0, 0.05) is 0 Å². The lowest BCUT2D eigenvalue weighted by Crippen LogP contribution is -2.21. The Labute approximate surface area is 81.3 Å². The second kappa shape index (κ2) is 5.87. The fourth-order valence-corrected chi connectivity index (χ4v) is 1.16. The normalized spacial score (nSPS) is 17.1. The van der Waals surface area contributed by atoms with Crippen LogP contribution in [0.3, 0.4) is 0 Å². The maximum absolute atomic E-state index is 10.3. The van der Waals surface area contributed by atoms with Gasteiger partial charge in [-0.2, -0.15) is 0 Å². The van der Waals surface area contributed by atoms with Gasteiger partial charge in [-0.15, -0.1) is 0 Å². The third-order valence-corrected chi connectivity index (χ3v) is 2.19. The monoisotopic (exact) mass is 226 g/mol. The molecule has 0 radical (unpaired) electrons. The van der Waals surface area contributed by atoms with Gasteiger partial charge in [0.15, 0.2) is 12.2 Å². The van der Waals surface area contributed by atoms with E-state index in [1.807, 2.05) is 0 Å². The van der Waals surface area contributed by atoms with E-state index < -0.39 is 32.7 Å². The van der Waals surface area contributed by atoms with Gasteiger partial charge >= 0.3 is 20.5 Å². The van der Waals surface area contributed by atoms with Crippen LogP contribution >= 0.6 is 8.60 Å². The third-order valence-electron chi connectivity index (χ3n) is 1.19.